The van der Waals surface area contributed by atoms with Gasteiger partial charge in [0.15, 0.2) is 0 Å². The van der Waals surface area contributed by atoms with E-state index in [1.807, 2.05) is 80.5 Å². The van der Waals surface area contributed by atoms with Crippen molar-refractivity contribution in [1.29, 1.82) is 0 Å². The lowest BCUT2D eigenvalue weighted by Gasteiger charge is -2.23. The molecule has 6 nitrogen and oxygen atoms in total. The molecule has 0 aliphatic heterocycles. The molecular formula is C22H29N3O3S. The number of nitrogens with zero attached hydrogens (tertiary/aromatic N) is 1. The van der Waals surface area contributed by atoms with E-state index >= 15 is 0 Å². The predicted molar refractivity (Wildman–Crippen MR) is 118 cm³/mol. The number of carbonyl (C=O) groups is 1. The first-order valence-corrected chi connectivity index (χ1v) is 11.0. The second-order valence-electron chi connectivity index (χ2n) is 7.20. The van der Waals surface area contributed by atoms with Crippen LogP contribution >= 0.6 is 0 Å². The fourth-order valence-corrected chi connectivity index (χ4v) is 3.57. The van der Waals surface area contributed by atoms with E-state index in [2.05, 4.69) is 10.0 Å². The van der Waals surface area contributed by atoms with Crippen molar-refractivity contribution in [2.75, 3.05) is 27.2 Å². The highest BCUT2D eigenvalue weighted by Gasteiger charge is 2.15. The topological polar surface area (TPSA) is 78.5 Å². The van der Waals surface area contributed by atoms with Gasteiger partial charge in [0.05, 0.1) is 6.04 Å². The lowest BCUT2D eigenvalue weighted by atomic mass is 10.1. The van der Waals surface area contributed by atoms with E-state index in [-0.39, 0.29) is 24.9 Å². The average Bonchev–Trinajstić information content (AvgIpc) is 2.67. The van der Waals surface area contributed by atoms with Gasteiger partial charge < -0.3 is 10.2 Å². The van der Waals surface area contributed by atoms with Crippen LogP contribution in [0.25, 0.3) is 6.08 Å². The first-order chi connectivity index (χ1) is 13.7. The van der Waals surface area contributed by atoms with Gasteiger partial charge in [-0.1, -0.05) is 60.2 Å². The number of hydrogen-bond acceptors (Lipinski definition) is 4. The van der Waals surface area contributed by atoms with Crippen molar-refractivity contribution in [2.45, 2.75) is 19.4 Å². The van der Waals surface area contributed by atoms with Gasteiger partial charge >= 0.3 is 0 Å². The monoisotopic (exact) mass is 415 g/mol. The highest BCUT2D eigenvalue weighted by Crippen LogP contribution is 2.13. The number of nitrogens with one attached hydrogen (secondary N) is 2. The summed E-state index contributed by atoms with van der Waals surface area (Å²) >= 11 is 0. The average molecular weight is 416 g/mol. The smallest absolute Gasteiger partial charge is 0.233 e. The number of carbonyl (C=O) groups excluding carboxylic acids is 1. The zero-order valence-corrected chi connectivity index (χ0v) is 17.9. The summed E-state index contributed by atoms with van der Waals surface area (Å²) in [6.07, 6.45) is 1.60. The number of likely N-dealkylation sites (N-methyl/N-ethyl adjacent to an activating group) is 1. The summed E-state index contributed by atoms with van der Waals surface area (Å²) in [6, 6.07) is 17.1. The molecule has 2 aromatic carbocycles. The molecule has 2 aromatic rings. The van der Waals surface area contributed by atoms with Gasteiger partial charge in [0.25, 0.3) is 0 Å². The first-order valence-electron chi connectivity index (χ1n) is 9.48. The number of benzene rings is 2. The van der Waals surface area contributed by atoms with Gasteiger partial charge in [-0.05, 0) is 38.2 Å². The predicted octanol–water partition coefficient (Wildman–Crippen LogP) is 2.69. The lowest BCUT2D eigenvalue weighted by molar-refractivity contribution is -0.121. The molecule has 0 heterocycles. The third kappa shape index (κ3) is 8.60. The number of rotatable bonds is 10. The summed E-state index contributed by atoms with van der Waals surface area (Å²) in [6.45, 7) is 2.66. The molecule has 1 atom stereocenters. The Bertz CT molecular complexity index is 908. The zero-order chi connectivity index (χ0) is 21.3. The summed E-state index contributed by atoms with van der Waals surface area (Å²) in [7, 11) is 0.278. The van der Waals surface area contributed by atoms with Crippen LogP contribution in [0.15, 0.2) is 60.0 Å². The molecule has 29 heavy (non-hydrogen) atoms. The lowest BCUT2D eigenvalue weighted by Crippen LogP contribution is -2.37. The van der Waals surface area contributed by atoms with E-state index in [9.17, 15) is 13.2 Å². The minimum Gasteiger partial charge on any atom is -0.348 e. The Morgan fingerprint density at radius 3 is 2.34 bits per heavy atom. The van der Waals surface area contributed by atoms with Crippen molar-refractivity contribution >= 4 is 22.0 Å². The largest absolute Gasteiger partial charge is 0.348 e. The Labute approximate surface area is 173 Å². The van der Waals surface area contributed by atoms with Crippen LogP contribution < -0.4 is 10.0 Å². The maximum atomic E-state index is 12.3. The Balaban J connectivity index is 1.86. The van der Waals surface area contributed by atoms with E-state index in [0.29, 0.717) is 6.54 Å². The van der Waals surface area contributed by atoms with Crippen molar-refractivity contribution in [3.8, 4) is 0 Å². The molecule has 156 valence electrons. The molecule has 0 saturated heterocycles. The fourth-order valence-electron chi connectivity index (χ4n) is 2.75. The molecule has 0 unspecified atom stereocenters. The minimum atomic E-state index is -3.60. The van der Waals surface area contributed by atoms with Gasteiger partial charge in [-0.3, -0.25) is 4.79 Å². The van der Waals surface area contributed by atoms with Gasteiger partial charge in [0.1, 0.15) is 0 Å². The molecule has 2 N–H and O–H groups in total. The van der Waals surface area contributed by atoms with Crippen LogP contribution in [0.5, 0.6) is 0 Å². The Hall–Kier alpha value is -2.48. The SMILES string of the molecule is Cc1ccc(/C=C/S(=O)(=O)NCCC(=O)N[C@@H](CN(C)C)c2ccccc2)cc1. The van der Waals surface area contributed by atoms with Crippen LogP contribution in [0.3, 0.4) is 0 Å². The standard InChI is InChI=1S/C22H29N3O3S/c1-18-9-11-19(12-10-18)14-16-29(27,28)23-15-13-22(26)24-21(17-25(2)3)20-7-5-4-6-8-20/h4-12,14,16,21,23H,13,15,17H2,1-3H3,(H,24,26)/b16-14+/t21-/m0/s1. The fraction of sp³-hybridized carbons (Fsp3) is 0.318. The molecule has 1 amide bonds. The molecule has 7 heteroatoms. The van der Waals surface area contributed by atoms with E-state index in [0.717, 1.165) is 22.1 Å². The Morgan fingerprint density at radius 1 is 1.07 bits per heavy atom. The zero-order valence-electron chi connectivity index (χ0n) is 17.1. The summed E-state index contributed by atoms with van der Waals surface area (Å²) < 4.78 is 26.6. The quantitative estimate of drug-likeness (QED) is 0.625. The molecular weight excluding hydrogens is 386 g/mol. The normalized spacial score (nSPS) is 13.0. The highest BCUT2D eigenvalue weighted by atomic mass is 32.2. The van der Waals surface area contributed by atoms with E-state index in [4.69, 9.17) is 0 Å². The van der Waals surface area contributed by atoms with Gasteiger partial charge in [-0.25, -0.2) is 13.1 Å². The number of amides is 1. The third-order valence-corrected chi connectivity index (χ3v) is 5.36. The van der Waals surface area contributed by atoms with Crippen LogP contribution in [0.2, 0.25) is 0 Å². The number of hydrogen-bond donors (Lipinski definition) is 2. The molecule has 0 radical (unpaired) electrons. The molecule has 0 aliphatic carbocycles. The third-order valence-electron chi connectivity index (χ3n) is 4.26. The molecule has 0 aliphatic rings. The maximum absolute atomic E-state index is 12.3. The maximum Gasteiger partial charge on any atom is 0.233 e. The summed E-state index contributed by atoms with van der Waals surface area (Å²) in [4.78, 5) is 14.3. The second kappa shape index (κ2) is 10.9. The molecule has 0 bridgehead atoms. The highest BCUT2D eigenvalue weighted by molar-refractivity contribution is 7.92. The van der Waals surface area contributed by atoms with Crippen LogP contribution in [-0.4, -0.2) is 46.4 Å². The molecule has 0 spiro atoms. The summed E-state index contributed by atoms with van der Waals surface area (Å²) in [5, 5.41) is 4.10. The van der Waals surface area contributed by atoms with Crippen molar-refractivity contribution in [3.05, 3.63) is 76.7 Å². The Kier molecular flexibility index (Phi) is 8.57. The summed E-state index contributed by atoms with van der Waals surface area (Å²) in [5.74, 6) is -0.203. The minimum absolute atomic E-state index is 0.0376. The molecule has 0 fully saturated rings. The summed E-state index contributed by atoms with van der Waals surface area (Å²) in [5.41, 5.74) is 2.92. The van der Waals surface area contributed by atoms with Crippen LogP contribution in [0.4, 0.5) is 0 Å². The second-order valence-corrected chi connectivity index (χ2v) is 8.85. The van der Waals surface area contributed by atoms with Gasteiger partial charge in [-0.15, -0.1) is 0 Å². The van der Waals surface area contributed by atoms with Gasteiger partial charge in [0.2, 0.25) is 15.9 Å². The number of sulfonamides is 1. The van der Waals surface area contributed by atoms with Crippen LogP contribution in [-0.2, 0) is 14.8 Å². The van der Waals surface area contributed by atoms with Crippen molar-refractivity contribution < 1.29 is 13.2 Å². The van der Waals surface area contributed by atoms with Crippen LogP contribution in [0.1, 0.15) is 29.2 Å². The Morgan fingerprint density at radius 2 is 1.72 bits per heavy atom. The molecule has 2 rings (SSSR count). The van der Waals surface area contributed by atoms with E-state index in [1.165, 1.54) is 6.08 Å². The van der Waals surface area contributed by atoms with Crippen molar-refractivity contribution in [3.63, 3.8) is 0 Å². The van der Waals surface area contributed by atoms with E-state index < -0.39 is 10.0 Å². The molecule has 0 aromatic heterocycles. The molecule has 0 saturated carbocycles. The van der Waals surface area contributed by atoms with E-state index in [1.54, 1.807) is 0 Å². The van der Waals surface area contributed by atoms with Gasteiger partial charge in [0, 0.05) is 24.9 Å². The van der Waals surface area contributed by atoms with Crippen molar-refractivity contribution in [2.24, 2.45) is 0 Å². The van der Waals surface area contributed by atoms with Crippen molar-refractivity contribution in [1.82, 2.24) is 14.9 Å². The first kappa shape index (κ1) is 22.8. The van der Waals surface area contributed by atoms with Gasteiger partial charge in [-0.2, -0.15) is 0 Å². The number of aryl methyl sites for hydroxylation is 1. The van der Waals surface area contributed by atoms with Crippen LogP contribution in [0, 0.1) is 6.92 Å².